The molecule has 0 saturated carbocycles. The van der Waals surface area contributed by atoms with Crippen LogP contribution in [0.1, 0.15) is 20.3 Å². The molecule has 0 aliphatic carbocycles. The fourth-order valence-corrected chi connectivity index (χ4v) is 1.38. The molecule has 0 bridgehead atoms. The van der Waals surface area contributed by atoms with Crippen LogP contribution in [0.4, 0.5) is 0 Å². The van der Waals surface area contributed by atoms with Crippen LogP contribution in [0.2, 0.25) is 0 Å². The van der Waals surface area contributed by atoms with Gasteiger partial charge in [0.1, 0.15) is 0 Å². The summed E-state index contributed by atoms with van der Waals surface area (Å²) in [6.45, 7) is 3.75. The van der Waals surface area contributed by atoms with Gasteiger partial charge in [0.2, 0.25) is 0 Å². The van der Waals surface area contributed by atoms with E-state index in [-0.39, 0.29) is 11.9 Å². The highest BCUT2D eigenvalue weighted by Crippen LogP contribution is 2.04. The van der Waals surface area contributed by atoms with Crippen LogP contribution >= 0.6 is 0 Å². The van der Waals surface area contributed by atoms with Crippen molar-refractivity contribution < 1.29 is 18.1 Å². The van der Waals surface area contributed by atoms with Crippen molar-refractivity contribution in [1.29, 1.82) is 0 Å². The molecule has 0 N–H and O–H groups in total. The maximum absolute atomic E-state index is 11.2. The summed E-state index contributed by atoms with van der Waals surface area (Å²) in [5, 5.41) is 0. The van der Waals surface area contributed by atoms with Crippen LogP contribution < -0.4 is 0 Å². The van der Waals surface area contributed by atoms with Gasteiger partial charge in [-0.3, -0.25) is 4.79 Å². The zero-order chi connectivity index (χ0) is 9.56. The first-order chi connectivity index (χ1) is 5.65. The maximum Gasteiger partial charge on any atom is 0.550 e. The Hall–Kier alpha value is -0.393. The molecule has 0 aromatic rings. The molecule has 0 aromatic heterocycles. The smallest absolute Gasteiger partial charge is 0.475 e. The van der Waals surface area contributed by atoms with Gasteiger partial charge in [0.05, 0.1) is 5.92 Å². The van der Waals surface area contributed by atoms with Gasteiger partial charge in [0.25, 0.3) is 5.97 Å². The molecule has 0 rings (SSSR count). The Kier molecular flexibility index (Phi) is 5.96. The molecule has 0 saturated heterocycles. The minimum absolute atomic E-state index is 0.0784. The first-order valence-electron chi connectivity index (χ1n) is 3.91. The quantitative estimate of drug-likeness (QED) is 0.598. The molecule has 0 aliphatic heterocycles. The van der Waals surface area contributed by atoms with E-state index in [0.29, 0.717) is 0 Å². The van der Waals surface area contributed by atoms with Crippen LogP contribution in [0.5, 0.6) is 0 Å². The molecular formula is C7H16O4Si. The van der Waals surface area contributed by atoms with Gasteiger partial charge < -0.3 is 13.3 Å². The summed E-state index contributed by atoms with van der Waals surface area (Å²) in [5.74, 6) is -0.317. The summed E-state index contributed by atoms with van der Waals surface area (Å²) in [4.78, 5) is 11.2. The van der Waals surface area contributed by atoms with Crippen molar-refractivity contribution in [3.8, 4) is 0 Å². The topological polar surface area (TPSA) is 44.8 Å². The molecule has 0 aliphatic rings. The van der Waals surface area contributed by atoms with E-state index in [2.05, 4.69) is 0 Å². The molecule has 12 heavy (non-hydrogen) atoms. The summed E-state index contributed by atoms with van der Waals surface area (Å²) >= 11 is 0. The molecule has 0 spiro atoms. The lowest BCUT2D eigenvalue weighted by molar-refractivity contribution is -0.141. The molecule has 0 amide bonds. The molecule has 72 valence electrons. The van der Waals surface area contributed by atoms with Crippen LogP contribution in [-0.2, 0) is 18.1 Å². The van der Waals surface area contributed by atoms with Crippen molar-refractivity contribution in [3.63, 3.8) is 0 Å². The first-order valence-corrected chi connectivity index (χ1v) is 5.33. The van der Waals surface area contributed by atoms with Gasteiger partial charge >= 0.3 is 9.53 Å². The minimum Gasteiger partial charge on any atom is -0.475 e. The normalized spacial score (nSPS) is 13.1. The Labute approximate surface area is 74.8 Å². The number of carbonyl (C=O) groups is 1. The van der Waals surface area contributed by atoms with E-state index in [9.17, 15) is 4.79 Å². The average Bonchev–Trinajstić information content (AvgIpc) is 2.12. The van der Waals surface area contributed by atoms with Gasteiger partial charge in [0.15, 0.2) is 0 Å². The summed E-state index contributed by atoms with van der Waals surface area (Å²) in [6.07, 6.45) is 0.771. The number of hydrogen-bond acceptors (Lipinski definition) is 4. The van der Waals surface area contributed by atoms with Crippen molar-refractivity contribution in [1.82, 2.24) is 0 Å². The van der Waals surface area contributed by atoms with Crippen molar-refractivity contribution in [3.05, 3.63) is 0 Å². The predicted octanol–water partition coefficient (Wildman–Crippen LogP) is 0.586. The fraction of sp³-hybridized carbons (Fsp3) is 0.857. The second-order valence-electron chi connectivity index (χ2n) is 2.51. The van der Waals surface area contributed by atoms with Gasteiger partial charge in [-0.05, 0) is 6.42 Å². The molecule has 5 heteroatoms. The average molecular weight is 192 g/mol. The van der Waals surface area contributed by atoms with E-state index in [0.717, 1.165) is 6.42 Å². The number of rotatable bonds is 5. The summed E-state index contributed by atoms with van der Waals surface area (Å²) in [7, 11) is 0.783. The molecule has 0 aromatic carbocycles. The SMILES string of the molecule is CCC(C)C(=O)O[SiH](OC)OC. The zero-order valence-corrected chi connectivity index (χ0v) is 9.15. The monoisotopic (exact) mass is 192 g/mol. The van der Waals surface area contributed by atoms with Crippen LogP contribution in [0, 0.1) is 5.92 Å². The maximum atomic E-state index is 11.2. The van der Waals surface area contributed by atoms with Crippen LogP contribution in [-0.4, -0.2) is 29.7 Å². The standard InChI is InChI=1S/C7H16O4Si/c1-5-6(2)7(8)11-12(9-3)10-4/h6,12H,5H2,1-4H3. The second-order valence-corrected chi connectivity index (χ2v) is 4.26. The van der Waals surface area contributed by atoms with E-state index in [4.69, 9.17) is 13.3 Å². The third kappa shape index (κ3) is 3.84. The van der Waals surface area contributed by atoms with E-state index in [1.807, 2.05) is 13.8 Å². The lowest BCUT2D eigenvalue weighted by atomic mass is 10.1. The van der Waals surface area contributed by atoms with Crippen molar-refractivity contribution >= 4 is 15.5 Å². The summed E-state index contributed by atoms with van der Waals surface area (Å²) in [6, 6.07) is 0. The fourth-order valence-electron chi connectivity index (χ4n) is 0.570. The molecule has 0 radical (unpaired) electrons. The molecule has 4 nitrogen and oxygen atoms in total. The Bertz CT molecular complexity index is 135. The van der Waals surface area contributed by atoms with Crippen molar-refractivity contribution in [2.24, 2.45) is 5.92 Å². The van der Waals surface area contributed by atoms with E-state index >= 15 is 0 Å². The van der Waals surface area contributed by atoms with E-state index < -0.39 is 9.53 Å². The van der Waals surface area contributed by atoms with E-state index in [1.54, 1.807) is 0 Å². The lowest BCUT2D eigenvalue weighted by Crippen LogP contribution is -2.30. The third-order valence-corrected chi connectivity index (χ3v) is 2.81. The summed E-state index contributed by atoms with van der Waals surface area (Å²) in [5.41, 5.74) is 0. The Balaban J connectivity index is 3.81. The molecule has 0 heterocycles. The largest absolute Gasteiger partial charge is 0.550 e. The highest BCUT2D eigenvalue weighted by Gasteiger charge is 2.20. The Morgan fingerprint density at radius 2 is 1.92 bits per heavy atom. The van der Waals surface area contributed by atoms with Gasteiger partial charge in [-0.25, -0.2) is 0 Å². The first kappa shape index (κ1) is 11.6. The van der Waals surface area contributed by atoms with Gasteiger partial charge in [-0.15, -0.1) is 0 Å². The van der Waals surface area contributed by atoms with Crippen LogP contribution in [0.15, 0.2) is 0 Å². The molecule has 1 unspecified atom stereocenters. The van der Waals surface area contributed by atoms with Crippen molar-refractivity contribution in [2.75, 3.05) is 14.2 Å². The zero-order valence-electron chi connectivity index (χ0n) is 7.99. The van der Waals surface area contributed by atoms with Gasteiger partial charge in [-0.2, -0.15) is 0 Å². The van der Waals surface area contributed by atoms with E-state index in [1.165, 1.54) is 14.2 Å². The number of carbonyl (C=O) groups excluding carboxylic acids is 1. The summed E-state index contributed by atoms with van der Waals surface area (Å²) < 4.78 is 14.6. The second kappa shape index (κ2) is 6.16. The Morgan fingerprint density at radius 1 is 1.42 bits per heavy atom. The molecule has 1 atom stereocenters. The van der Waals surface area contributed by atoms with Crippen molar-refractivity contribution in [2.45, 2.75) is 20.3 Å². The van der Waals surface area contributed by atoms with Crippen LogP contribution in [0.3, 0.4) is 0 Å². The highest BCUT2D eigenvalue weighted by molar-refractivity contribution is 6.39. The highest BCUT2D eigenvalue weighted by atomic mass is 28.3. The lowest BCUT2D eigenvalue weighted by Gasteiger charge is -2.14. The van der Waals surface area contributed by atoms with Gasteiger partial charge in [-0.1, -0.05) is 13.8 Å². The number of hydrogen-bond donors (Lipinski definition) is 0. The Morgan fingerprint density at radius 3 is 2.25 bits per heavy atom. The van der Waals surface area contributed by atoms with Gasteiger partial charge in [0, 0.05) is 14.2 Å². The predicted molar refractivity (Wildman–Crippen MR) is 46.7 cm³/mol. The molecule has 0 fully saturated rings. The minimum atomic E-state index is -2.17. The van der Waals surface area contributed by atoms with Crippen LogP contribution in [0.25, 0.3) is 0 Å². The molecular weight excluding hydrogens is 176 g/mol. The third-order valence-electron chi connectivity index (χ3n) is 1.61.